The van der Waals surface area contributed by atoms with Gasteiger partial charge in [0, 0.05) is 18.8 Å². The second kappa shape index (κ2) is 5.19. The minimum Gasteiger partial charge on any atom is -0.335 e. The van der Waals surface area contributed by atoms with Crippen molar-refractivity contribution in [3.63, 3.8) is 0 Å². The molecule has 7 nitrogen and oxygen atoms in total. The molecule has 4 rings (SSSR count). The molecule has 4 heterocycles. The first-order valence-electron chi connectivity index (χ1n) is 7.74. The van der Waals surface area contributed by atoms with Crippen molar-refractivity contribution in [2.75, 3.05) is 13.1 Å². The molecule has 1 aliphatic rings. The lowest BCUT2D eigenvalue weighted by atomic mass is 10.2. The molecule has 7 heteroatoms. The molecule has 0 spiro atoms. The average molecular weight is 310 g/mol. The van der Waals surface area contributed by atoms with Gasteiger partial charge in [-0.1, -0.05) is 6.07 Å². The fourth-order valence-electron chi connectivity index (χ4n) is 3.31. The first-order chi connectivity index (χ1) is 11.1. The SMILES string of the molecule is Cc1cc(C)n(C2CCN(C(=O)c3cccc4ncnn34)C2)n1. The molecule has 0 aliphatic carbocycles. The van der Waals surface area contributed by atoms with Crippen LogP contribution in [0.25, 0.3) is 5.65 Å². The van der Waals surface area contributed by atoms with Gasteiger partial charge in [0.2, 0.25) is 0 Å². The molecule has 0 radical (unpaired) electrons. The van der Waals surface area contributed by atoms with Gasteiger partial charge in [0.25, 0.3) is 5.91 Å². The first-order valence-corrected chi connectivity index (χ1v) is 7.74. The van der Waals surface area contributed by atoms with Gasteiger partial charge >= 0.3 is 0 Å². The lowest BCUT2D eigenvalue weighted by Crippen LogP contribution is -2.31. The Labute approximate surface area is 133 Å². The minimum atomic E-state index is -0.00914. The van der Waals surface area contributed by atoms with Crippen LogP contribution in [0.15, 0.2) is 30.6 Å². The number of fused-ring (bicyclic) bond motifs is 1. The summed E-state index contributed by atoms with van der Waals surface area (Å²) in [6.07, 6.45) is 2.38. The fourth-order valence-corrected chi connectivity index (χ4v) is 3.31. The lowest BCUT2D eigenvalue weighted by molar-refractivity contribution is 0.0778. The van der Waals surface area contributed by atoms with Gasteiger partial charge in [-0.05, 0) is 38.5 Å². The summed E-state index contributed by atoms with van der Waals surface area (Å²) in [7, 11) is 0. The number of rotatable bonds is 2. The molecular weight excluding hydrogens is 292 g/mol. The summed E-state index contributed by atoms with van der Waals surface area (Å²) in [4.78, 5) is 18.8. The maximum atomic E-state index is 12.8. The Kier molecular flexibility index (Phi) is 3.14. The highest BCUT2D eigenvalue weighted by atomic mass is 16.2. The highest BCUT2D eigenvalue weighted by molar-refractivity contribution is 5.93. The van der Waals surface area contributed by atoms with E-state index in [1.807, 2.05) is 28.6 Å². The highest BCUT2D eigenvalue weighted by Crippen LogP contribution is 2.24. The Hall–Kier alpha value is -2.70. The van der Waals surface area contributed by atoms with Crippen molar-refractivity contribution >= 4 is 11.6 Å². The summed E-state index contributed by atoms with van der Waals surface area (Å²) >= 11 is 0. The summed E-state index contributed by atoms with van der Waals surface area (Å²) in [5, 5.41) is 8.70. The van der Waals surface area contributed by atoms with Crippen molar-refractivity contribution in [3.8, 4) is 0 Å². The molecule has 118 valence electrons. The summed E-state index contributed by atoms with van der Waals surface area (Å²) in [5.41, 5.74) is 3.39. The van der Waals surface area contributed by atoms with Crippen molar-refractivity contribution < 1.29 is 4.79 Å². The number of nitrogens with zero attached hydrogens (tertiary/aromatic N) is 6. The third kappa shape index (κ3) is 2.28. The molecule has 1 fully saturated rings. The molecule has 1 unspecified atom stereocenters. The largest absolute Gasteiger partial charge is 0.335 e. The normalized spacial score (nSPS) is 18.0. The van der Waals surface area contributed by atoms with Gasteiger partial charge in [0.15, 0.2) is 5.65 Å². The van der Waals surface area contributed by atoms with Gasteiger partial charge in [-0.2, -0.15) is 10.2 Å². The fraction of sp³-hybridized carbons (Fsp3) is 0.375. The van der Waals surface area contributed by atoms with Crippen LogP contribution in [0.5, 0.6) is 0 Å². The predicted molar refractivity (Wildman–Crippen MR) is 84.2 cm³/mol. The summed E-state index contributed by atoms with van der Waals surface area (Å²) in [5.74, 6) is -0.00914. The smallest absolute Gasteiger partial charge is 0.272 e. The Morgan fingerprint density at radius 2 is 2.17 bits per heavy atom. The van der Waals surface area contributed by atoms with Gasteiger partial charge in [-0.25, -0.2) is 9.50 Å². The topological polar surface area (TPSA) is 68.3 Å². The van der Waals surface area contributed by atoms with Crippen molar-refractivity contribution in [1.82, 2.24) is 29.3 Å². The molecule has 23 heavy (non-hydrogen) atoms. The highest BCUT2D eigenvalue weighted by Gasteiger charge is 2.30. The van der Waals surface area contributed by atoms with Gasteiger partial charge in [0.1, 0.15) is 12.0 Å². The van der Waals surface area contributed by atoms with E-state index in [-0.39, 0.29) is 11.9 Å². The Morgan fingerprint density at radius 3 is 2.96 bits per heavy atom. The Morgan fingerprint density at radius 1 is 1.30 bits per heavy atom. The quantitative estimate of drug-likeness (QED) is 0.721. The molecular formula is C16H18N6O. The van der Waals surface area contributed by atoms with Crippen LogP contribution < -0.4 is 0 Å². The third-order valence-corrected chi connectivity index (χ3v) is 4.36. The van der Waals surface area contributed by atoms with E-state index in [0.29, 0.717) is 17.9 Å². The molecule has 0 bridgehead atoms. The zero-order chi connectivity index (χ0) is 16.0. The maximum Gasteiger partial charge on any atom is 0.272 e. The number of carbonyl (C=O) groups is 1. The van der Waals surface area contributed by atoms with E-state index in [4.69, 9.17) is 0 Å². The van der Waals surface area contributed by atoms with E-state index in [1.54, 1.807) is 10.6 Å². The number of amides is 1. The molecule has 0 N–H and O–H groups in total. The Bertz CT molecular complexity index is 880. The van der Waals surface area contributed by atoms with Crippen molar-refractivity contribution in [1.29, 1.82) is 0 Å². The first kappa shape index (κ1) is 13.9. The van der Waals surface area contributed by atoms with E-state index < -0.39 is 0 Å². The van der Waals surface area contributed by atoms with Crippen LogP contribution in [0, 0.1) is 13.8 Å². The second-order valence-electron chi connectivity index (χ2n) is 6.01. The number of hydrogen-bond donors (Lipinski definition) is 0. The number of aromatic nitrogens is 5. The summed E-state index contributed by atoms with van der Waals surface area (Å²) < 4.78 is 3.64. The molecule has 3 aromatic rings. The van der Waals surface area contributed by atoms with E-state index in [1.165, 1.54) is 6.33 Å². The van der Waals surface area contributed by atoms with Crippen LogP contribution in [0.3, 0.4) is 0 Å². The summed E-state index contributed by atoms with van der Waals surface area (Å²) in [6.45, 7) is 5.45. The molecule has 0 aromatic carbocycles. The number of pyridine rings is 1. The van der Waals surface area contributed by atoms with Crippen molar-refractivity contribution in [2.45, 2.75) is 26.3 Å². The van der Waals surface area contributed by atoms with Crippen LogP contribution in [0.4, 0.5) is 0 Å². The van der Waals surface area contributed by atoms with E-state index in [0.717, 1.165) is 24.4 Å². The lowest BCUT2D eigenvalue weighted by Gasteiger charge is -2.17. The molecule has 1 saturated heterocycles. The molecule has 1 atom stereocenters. The van der Waals surface area contributed by atoms with Crippen LogP contribution in [0.1, 0.15) is 34.3 Å². The van der Waals surface area contributed by atoms with Crippen LogP contribution in [-0.4, -0.2) is 48.3 Å². The van der Waals surface area contributed by atoms with Crippen LogP contribution in [0.2, 0.25) is 0 Å². The van der Waals surface area contributed by atoms with Gasteiger partial charge < -0.3 is 4.90 Å². The molecule has 0 saturated carbocycles. The monoisotopic (exact) mass is 310 g/mol. The van der Waals surface area contributed by atoms with E-state index in [2.05, 4.69) is 28.2 Å². The number of carbonyl (C=O) groups excluding carboxylic acids is 1. The van der Waals surface area contributed by atoms with Crippen LogP contribution >= 0.6 is 0 Å². The molecule has 1 aliphatic heterocycles. The number of likely N-dealkylation sites (tertiary alicyclic amines) is 1. The minimum absolute atomic E-state index is 0.00914. The zero-order valence-corrected chi connectivity index (χ0v) is 13.2. The standard InChI is InChI=1S/C16H18N6O/c1-11-8-12(2)21(19-11)13-6-7-20(9-13)16(23)14-4-3-5-15-17-10-18-22(14)15/h3-5,8,10,13H,6-7,9H2,1-2H3. The maximum absolute atomic E-state index is 12.8. The average Bonchev–Trinajstić information content (AvgIpc) is 3.24. The molecule has 3 aromatic heterocycles. The number of hydrogen-bond acceptors (Lipinski definition) is 4. The predicted octanol–water partition coefficient (Wildman–Crippen LogP) is 1.63. The van der Waals surface area contributed by atoms with E-state index in [9.17, 15) is 4.79 Å². The van der Waals surface area contributed by atoms with Crippen LogP contribution in [-0.2, 0) is 0 Å². The van der Waals surface area contributed by atoms with Gasteiger partial charge in [0.05, 0.1) is 11.7 Å². The van der Waals surface area contributed by atoms with Crippen molar-refractivity contribution in [3.05, 3.63) is 47.7 Å². The Balaban J connectivity index is 1.59. The zero-order valence-electron chi connectivity index (χ0n) is 13.2. The third-order valence-electron chi connectivity index (χ3n) is 4.36. The van der Waals surface area contributed by atoms with Gasteiger partial charge in [-0.15, -0.1) is 0 Å². The van der Waals surface area contributed by atoms with E-state index >= 15 is 0 Å². The van der Waals surface area contributed by atoms with Gasteiger partial charge in [-0.3, -0.25) is 9.48 Å². The van der Waals surface area contributed by atoms with Crippen molar-refractivity contribution in [2.24, 2.45) is 0 Å². The number of aryl methyl sites for hydroxylation is 2. The molecule has 1 amide bonds. The second-order valence-corrected chi connectivity index (χ2v) is 6.01. The summed E-state index contributed by atoms with van der Waals surface area (Å²) in [6, 6.07) is 7.78.